The smallest absolute Gasteiger partial charge is 0.0596 e. The van der Waals surface area contributed by atoms with Crippen molar-refractivity contribution < 1.29 is 4.74 Å². The van der Waals surface area contributed by atoms with Gasteiger partial charge in [-0.3, -0.25) is 4.90 Å². The van der Waals surface area contributed by atoms with Crippen LogP contribution in [0, 0.1) is 11.8 Å². The summed E-state index contributed by atoms with van der Waals surface area (Å²) in [5.74, 6) is 1.70. The molecule has 0 bridgehead atoms. The Balaban J connectivity index is 2.34. The first-order chi connectivity index (χ1) is 8.54. The maximum atomic E-state index is 5.99. The molecule has 0 aromatic carbocycles. The van der Waals surface area contributed by atoms with Gasteiger partial charge >= 0.3 is 0 Å². The van der Waals surface area contributed by atoms with Gasteiger partial charge in [0.1, 0.15) is 0 Å². The lowest BCUT2D eigenvalue weighted by Gasteiger charge is -2.37. The molecule has 1 atom stereocenters. The van der Waals surface area contributed by atoms with E-state index in [1.165, 1.54) is 25.7 Å². The summed E-state index contributed by atoms with van der Waals surface area (Å²) in [4.78, 5) is 2.41. The third-order valence-corrected chi connectivity index (χ3v) is 4.31. The molecule has 1 unspecified atom stereocenters. The molecule has 18 heavy (non-hydrogen) atoms. The topological polar surface area (TPSA) is 38.5 Å². The fourth-order valence-electron chi connectivity index (χ4n) is 3.00. The van der Waals surface area contributed by atoms with Crippen LogP contribution in [-0.4, -0.2) is 43.8 Å². The first-order valence-electron chi connectivity index (χ1n) is 7.56. The lowest BCUT2D eigenvalue weighted by Crippen LogP contribution is -2.45. The van der Waals surface area contributed by atoms with E-state index in [1.54, 1.807) is 0 Å². The zero-order valence-corrected chi connectivity index (χ0v) is 12.7. The molecule has 0 amide bonds. The van der Waals surface area contributed by atoms with Gasteiger partial charge in [0.25, 0.3) is 0 Å². The van der Waals surface area contributed by atoms with Gasteiger partial charge in [0.15, 0.2) is 0 Å². The van der Waals surface area contributed by atoms with Gasteiger partial charge in [-0.15, -0.1) is 0 Å². The summed E-state index contributed by atoms with van der Waals surface area (Å²) in [7, 11) is 2.19. The van der Waals surface area contributed by atoms with Crippen LogP contribution in [0.4, 0.5) is 0 Å². The van der Waals surface area contributed by atoms with Crippen molar-refractivity contribution in [2.24, 2.45) is 17.6 Å². The average Bonchev–Trinajstić information content (AvgIpc) is 2.32. The number of likely N-dealkylation sites (N-methyl/N-ethyl adjacent to an activating group) is 1. The quantitative estimate of drug-likeness (QED) is 0.760. The largest absolute Gasteiger partial charge is 0.377 e. The van der Waals surface area contributed by atoms with Crippen molar-refractivity contribution >= 4 is 0 Å². The number of hydrogen-bond donors (Lipinski definition) is 1. The highest BCUT2D eigenvalue weighted by Gasteiger charge is 2.27. The Bertz CT molecular complexity index is 213. The van der Waals surface area contributed by atoms with Gasteiger partial charge in [0, 0.05) is 19.1 Å². The zero-order valence-electron chi connectivity index (χ0n) is 12.7. The molecule has 0 saturated heterocycles. The van der Waals surface area contributed by atoms with Crippen LogP contribution >= 0.6 is 0 Å². The van der Waals surface area contributed by atoms with Gasteiger partial charge in [-0.25, -0.2) is 0 Å². The van der Waals surface area contributed by atoms with Gasteiger partial charge in [0.05, 0.1) is 12.7 Å². The van der Waals surface area contributed by atoms with Crippen molar-refractivity contribution in [2.45, 2.75) is 58.6 Å². The molecule has 2 N–H and O–H groups in total. The molecule has 0 aromatic rings. The number of rotatable bonds is 7. The van der Waals surface area contributed by atoms with Crippen molar-refractivity contribution in [3.8, 4) is 0 Å². The van der Waals surface area contributed by atoms with Gasteiger partial charge in [-0.2, -0.15) is 0 Å². The molecule has 1 saturated carbocycles. The molecule has 0 aliphatic heterocycles. The van der Waals surface area contributed by atoms with Gasteiger partial charge in [-0.05, 0) is 45.6 Å². The molecule has 1 fully saturated rings. The van der Waals surface area contributed by atoms with E-state index >= 15 is 0 Å². The van der Waals surface area contributed by atoms with Crippen molar-refractivity contribution in [1.82, 2.24) is 4.90 Å². The Kier molecular flexibility index (Phi) is 7.20. The van der Waals surface area contributed by atoms with Crippen LogP contribution in [0.15, 0.2) is 0 Å². The van der Waals surface area contributed by atoms with Crippen molar-refractivity contribution in [3.05, 3.63) is 0 Å². The third kappa shape index (κ3) is 5.25. The maximum absolute atomic E-state index is 5.99. The molecule has 0 spiro atoms. The van der Waals surface area contributed by atoms with Crippen LogP contribution in [0.1, 0.15) is 46.5 Å². The molecule has 3 nitrogen and oxygen atoms in total. The summed E-state index contributed by atoms with van der Waals surface area (Å²) >= 11 is 0. The van der Waals surface area contributed by atoms with Crippen LogP contribution < -0.4 is 5.73 Å². The molecule has 1 rings (SSSR count). The highest BCUT2D eigenvalue weighted by atomic mass is 16.5. The summed E-state index contributed by atoms with van der Waals surface area (Å²) in [6.45, 7) is 9.12. The van der Waals surface area contributed by atoms with E-state index in [9.17, 15) is 0 Å². The normalized spacial score (nSPS) is 26.8. The van der Waals surface area contributed by atoms with Gasteiger partial charge in [-0.1, -0.05) is 19.8 Å². The van der Waals surface area contributed by atoms with E-state index in [0.717, 1.165) is 31.5 Å². The molecule has 3 heteroatoms. The first-order valence-corrected chi connectivity index (χ1v) is 7.56. The van der Waals surface area contributed by atoms with E-state index in [0.29, 0.717) is 12.1 Å². The number of nitrogens with two attached hydrogens (primary N) is 1. The molecular weight excluding hydrogens is 224 g/mol. The molecule has 0 aromatic heterocycles. The number of ether oxygens (including phenoxy) is 1. The van der Waals surface area contributed by atoms with E-state index in [2.05, 4.69) is 32.7 Å². The number of nitrogens with zero attached hydrogens (tertiary/aromatic N) is 1. The molecule has 0 radical (unpaired) electrons. The average molecular weight is 256 g/mol. The molecule has 1 aliphatic rings. The highest BCUT2D eigenvalue weighted by Crippen LogP contribution is 2.31. The van der Waals surface area contributed by atoms with E-state index in [-0.39, 0.29) is 0 Å². The van der Waals surface area contributed by atoms with Crippen LogP contribution in [0.2, 0.25) is 0 Å². The Morgan fingerprint density at radius 2 is 1.83 bits per heavy atom. The fraction of sp³-hybridized carbons (Fsp3) is 1.00. The summed E-state index contributed by atoms with van der Waals surface area (Å²) in [5, 5.41) is 0. The minimum absolute atomic E-state index is 0.324. The lowest BCUT2D eigenvalue weighted by atomic mass is 9.79. The lowest BCUT2D eigenvalue weighted by molar-refractivity contribution is 0.0447. The van der Waals surface area contributed by atoms with Gasteiger partial charge in [0.2, 0.25) is 0 Å². The minimum Gasteiger partial charge on any atom is -0.377 e. The third-order valence-electron chi connectivity index (χ3n) is 4.31. The fourth-order valence-corrected chi connectivity index (χ4v) is 3.00. The van der Waals surface area contributed by atoms with Gasteiger partial charge < -0.3 is 10.5 Å². The van der Waals surface area contributed by atoms with Crippen LogP contribution in [0.5, 0.6) is 0 Å². The maximum Gasteiger partial charge on any atom is 0.0596 e. The predicted molar refractivity (Wildman–Crippen MR) is 77.7 cm³/mol. The first kappa shape index (κ1) is 15.9. The Labute approximate surface area is 113 Å². The molecule has 0 heterocycles. The van der Waals surface area contributed by atoms with Crippen molar-refractivity contribution in [2.75, 3.05) is 26.7 Å². The number of hydrogen-bond acceptors (Lipinski definition) is 3. The van der Waals surface area contributed by atoms with Crippen LogP contribution in [-0.2, 0) is 4.74 Å². The Morgan fingerprint density at radius 1 is 1.22 bits per heavy atom. The van der Waals surface area contributed by atoms with Crippen molar-refractivity contribution in [1.29, 1.82) is 0 Å². The minimum atomic E-state index is 0.324. The summed E-state index contributed by atoms with van der Waals surface area (Å²) in [6, 6.07) is 0.535. The van der Waals surface area contributed by atoms with Crippen LogP contribution in [0.25, 0.3) is 0 Å². The summed E-state index contributed by atoms with van der Waals surface area (Å²) < 4.78 is 5.63. The second-order valence-electron chi connectivity index (χ2n) is 6.22. The van der Waals surface area contributed by atoms with E-state index < -0.39 is 0 Å². The zero-order chi connectivity index (χ0) is 13.5. The standard InChI is InChI=1S/C15H32N2O/c1-12(2)18-10-9-17(4)15(11-16)14-7-5-13(3)6-8-14/h12-15H,5-11,16H2,1-4H3. The molecular formula is C15H32N2O. The highest BCUT2D eigenvalue weighted by molar-refractivity contribution is 4.82. The molecule has 108 valence electrons. The second-order valence-corrected chi connectivity index (χ2v) is 6.22. The van der Waals surface area contributed by atoms with Crippen LogP contribution in [0.3, 0.4) is 0 Å². The predicted octanol–water partition coefficient (Wildman–Crippen LogP) is 2.50. The monoisotopic (exact) mass is 256 g/mol. The SMILES string of the molecule is CC1CCC(C(CN)N(C)CCOC(C)C)CC1. The second kappa shape index (κ2) is 8.13. The Hall–Kier alpha value is -0.120. The summed E-state index contributed by atoms with van der Waals surface area (Å²) in [6.07, 6.45) is 5.76. The molecule has 1 aliphatic carbocycles. The Morgan fingerprint density at radius 3 is 2.33 bits per heavy atom. The van der Waals surface area contributed by atoms with E-state index in [4.69, 9.17) is 10.5 Å². The summed E-state index contributed by atoms with van der Waals surface area (Å²) in [5.41, 5.74) is 5.99. The van der Waals surface area contributed by atoms with Crippen molar-refractivity contribution in [3.63, 3.8) is 0 Å². The van der Waals surface area contributed by atoms with E-state index in [1.807, 2.05) is 0 Å².